The van der Waals surface area contributed by atoms with Crippen LogP contribution in [0.15, 0.2) is 37.4 Å². The van der Waals surface area contributed by atoms with E-state index >= 15 is 0 Å². The second kappa shape index (κ2) is 26.2. The van der Waals surface area contributed by atoms with Crippen LogP contribution in [0, 0.1) is 13.3 Å². The summed E-state index contributed by atoms with van der Waals surface area (Å²) in [7, 11) is 3.88. The van der Waals surface area contributed by atoms with Crippen LogP contribution >= 0.6 is 0 Å². The Bertz CT molecular complexity index is 338. The molecule has 0 fully saturated rings. The van der Waals surface area contributed by atoms with E-state index in [0.29, 0.717) is 0 Å². The molecule has 6 nitrogen and oxygen atoms in total. The Morgan fingerprint density at radius 2 is 1.05 bits per heavy atom. The Labute approximate surface area is 147 Å². The number of hydrogen-bond acceptors (Lipinski definition) is 2. The molecule has 0 saturated carbocycles. The normalized spacial score (nSPS) is 5.79. The Morgan fingerprint density at radius 3 is 1.11 bits per heavy atom. The second-order valence-corrected chi connectivity index (χ2v) is 2.46. The third-order valence-corrected chi connectivity index (χ3v) is 1.27. The monoisotopic (exact) mass is 565 g/mol. The molecule has 2 aromatic rings. The van der Waals surface area contributed by atoms with Crippen LogP contribution in [0.4, 0.5) is 0 Å². The maximum Gasteiger partial charge on any atom is 0 e. The summed E-state index contributed by atoms with van der Waals surface area (Å²) in [5.74, 6) is 0. The molecule has 0 N–H and O–H groups in total. The summed E-state index contributed by atoms with van der Waals surface area (Å²) in [6, 6.07) is 0. The van der Waals surface area contributed by atoms with Gasteiger partial charge in [0.05, 0.1) is 12.7 Å². The molecule has 0 aliphatic carbocycles. The van der Waals surface area contributed by atoms with Gasteiger partial charge in [0.2, 0.25) is 0 Å². The molecule has 19 heavy (non-hydrogen) atoms. The molecule has 0 atom stereocenters. The molecule has 2 rings (SSSR count). The van der Waals surface area contributed by atoms with Crippen molar-refractivity contribution in [2.24, 2.45) is 14.1 Å². The molecule has 0 spiro atoms. The molecule has 0 unspecified atom stereocenters. The molecular formula is C10H12Br2N4O2Re-2. The van der Waals surface area contributed by atoms with Crippen LogP contribution in [-0.4, -0.2) is 19.1 Å². The fourth-order valence-corrected chi connectivity index (χ4v) is 0.652. The first kappa shape index (κ1) is 31.1. The van der Waals surface area contributed by atoms with Crippen LogP contribution in [0.25, 0.3) is 0 Å². The largest absolute Gasteiger partial charge is 0 e. The van der Waals surface area contributed by atoms with Gasteiger partial charge >= 0.3 is 22.6 Å². The summed E-state index contributed by atoms with van der Waals surface area (Å²) in [5, 5.41) is 0. The van der Waals surface area contributed by atoms with E-state index in [-0.39, 0.29) is 54.4 Å². The molecule has 1 radical (unpaired) electrons. The Hall–Kier alpha value is -0.478. The fraction of sp³-hybridized carbons (Fsp3) is 0.200. The van der Waals surface area contributed by atoms with E-state index in [0.717, 1.165) is 0 Å². The summed E-state index contributed by atoms with van der Waals surface area (Å²) >= 11 is 0. The quantitative estimate of drug-likeness (QED) is 0.237. The van der Waals surface area contributed by atoms with Crippen molar-refractivity contribution in [1.82, 2.24) is 19.1 Å². The molecule has 2 heterocycles. The molecule has 107 valence electrons. The summed E-state index contributed by atoms with van der Waals surface area (Å²) in [4.78, 5) is 7.57. The first-order valence-electron chi connectivity index (χ1n) is 4.03. The number of aromatic nitrogens is 4. The maximum atomic E-state index is 7.50. The Kier molecular flexibility index (Phi) is 42.8. The molecule has 0 aliphatic heterocycles. The van der Waals surface area contributed by atoms with E-state index in [1.54, 1.807) is 25.0 Å². The number of halogens is 2. The van der Waals surface area contributed by atoms with Crippen molar-refractivity contribution in [3.63, 3.8) is 0 Å². The minimum Gasteiger partial charge on any atom is 0 e. The van der Waals surface area contributed by atoms with Gasteiger partial charge in [-0.2, -0.15) is 0 Å². The van der Waals surface area contributed by atoms with Gasteiger partial charge in [-0.05, 0) is 0 Å². The summed E-state index contributed by atoms with van der Waals surface area (Å²) in [6.45, 7) is 9.00. The van der Waals surface area contributed by atoms with Gasteiger partial charge in [0, 0.05) is 59.3 Å². The van der Waals surface area contributed by atoms with E-state index in [4.69, 9.17) is 9.30 Å². The Balaban J connectivity index is -0.0000000486. The average molecular weight is 566 g/mol. The van der Waals surface area contributed by atoms with Gasteiger partial charge in [0.25, 0.3) is 0 Å². The van der Waals surface area contributed by atoms with Crippen molar-refractivity contribution < 1.29 is 63.7 Å². The summed E-state index contributed by atoms with van der Waals surface area (Å²) in [6.07, 6.45) is 10.8. The minimum atomic E-state index is 0. The van der Waals surface area contributed by atoms with Gasteiger partial charge in [0.15, 0.2) is 0 Å². The van der Waals surface area contributed by atoms with E-state index in [1.165, 1.54) is 0 Å². The molecule has 0 aliphatic rings. The van der Waals surface area contributed by atoms with Gasteiger partial charge in [-0.3, -0.25) is 0 Å². The minimum absolute atomic E-state index is 0. The SMILES string of the molecule is Cn1ccnc1.Cn1ccnc1.[Br-].[Br-].[C-]#[O+].[C-]#[O+].[Re]. The third kappa shape index (κ3) is 23.1. The zero-order valence-corrected chi connectivity index (χ0v) is 16.1. The average Bonchev–Trinajstić information content (AvgIpc) is 2.98. The number of imidazole rings is 2. The Morgan fingerprint density at radius 1 is 0.789 bits per heavy atom. The molecule has 9 heteroatoms. The number of rotatable bonds is 0. The van der Waals surface area contributed by atoms with Crippen molar-refractivity contribution in [3.8, 4) is 0 Å². The van der Waals surface area contributed by atoms with Crippen LogP contribution in [0.3, 0.4) is 0 Å². The van der Waals surface area contributed by atoms with Crippen molar-refractivity contribution in [1.29, 1.82) is 0 Å². The molecule has 0 saturated heterocycles. The van der Waals surface area contributed by atoms with Crippen LogP contribution in [0.1, 0.15) is 0 Å². The standard InChI is InChI=1S/2C4H6N2.2CO.2BrH.Re/c2*1-6-3-2-5-4-6;2*1-2;;;/h2*2-4H,1H3;;;2*1H;/p-2. The fourth-order valence-electron chi connectivity index (χ4n) is 0.652. The number of nitrogens with zero attached hydrogens (tertiary/aromatic N) is 4. The van der Waals surface area contributed by atoms with Crippen molar-refractivity contribution in [3.05, 3.63) is 50.7 Å². The van der Waals surface area contributed by atoms with Crippen molar-refractivity contribution >= 4 is 0 Å². The van der Waals surface area contributed by atoms with E-state index in [1.807, 2.05) is 35.6 Å². The van der Waals surface area contributed by atoms with Crippen LogP contribution in [0.2, 0.25) is 0 Å². The van der Waals surface area contributed by atoms with Crippen LogP contribution < -0.4 is 34.0 Å². The first-order valence-corrected chi connectivity index (χ1v) is 4.03. The van der Waals surface area contributed by atoms with E-state index in [9.17, 15) is 0 Å². The number of aryl methyl sites for hydroxylation is 2. The zero-order valence-electron chi connectivity index (χ0n) is 10.2. The molecule has 0 aromatic carbocycles. The van der Waals surface area contributed by atoms with E-state index < -0.39 is 0 Å². The molecule has 0 amide bonds. The van der Waals surface area contributed by atoms with Gasteiger partial charge in [-0.15, -0.1) is 0 Å². The maximum absolute atomic E-state index is 7.50. The second-order valence-electron chi connectivity index (χ2n) is 2.46. The molecule has 2 aromatic heterocycles. The molecular weight excluding hydrogens is 554 g/mol. The predicted octanol–water partition coefficient (Wildman–Crippen LogP) is -5.23. The topological polar surface area (TPSA) is 75.4 Å². The van der Waals surface area contributed by atoms with Gasteiger partial charge in [-0.1, -0.05) is 0 Å². The van der Waals surface area contributed by atoms with Crippen molar-refractivity contribution in [2.75, 3.05) is 0 Å². The first-order chi connectivity index (χ1) is 7.79. The zero-order chi connectivity index (χ0) is 12.8. The van der Waals surface area contributed by atoms with Gasteiger partial charge < -0.3 is 43.1 Å². The van der Waals surface area contributed by atoms with E-state index in [2.05, 4.69) is 23.3 Å². The van der Waals surface area contributed by atoms with Gasteiger partial charge in [-0.25, -0.2) is 9.97 Å². The third-order valence-electron chi connectivity index (χ3n) is 1.27. The summed E-state index contributed by atoms with van der Waals surface area (Å²) < 4.78 is 18.8. The van der Waals surface area contributed by atoms with Gasteiger partial charge in [0.1, 0.15) is 0 Å². The number of hydrogen-bond donors (Lipinski definition) is 0. The smallest absolute Gasteiger partial charge is 0 e. The molecule has 0 bridgehead atoms. The summed E-state index contributed by atoms with van der Waals surface area (Å²) in [5.41, 5.74) is 0. The van der Waals surface area contributed by atoms with Crippen LogP contribution in [0.5, 0.6) is 0 Å². The predicted molar refractivity (Wildman–Crippen MR) is 54.3 cm³/mol. The van der Waals surface area contributed by atoms with Crippen molar-refractivity contribution in [2.45, 2.75) is 0 Å². The van der Waals surface area contributed by atoms with Crippen LogP contribution in [-0.2, 0) is 43.8 Å².